The summed E-state index contributed by atoms with van der Waals surface area (Å²) in [4.78, 5) is 24.3. The summed E-state index contributed by atoms with van der Waals surface area (Å²) in [5.41, 5.74) is 3.73. The Morgan fingerprint density at radius 3 is 2.53 bits per heavy atom. The molecule has 0 radical (unpaired) electrons. The van der Waals surface area contributed by atoms with E-state index in [-0.39, 0.29) is 12.2 Å². The van der Waals surface area contributed by atoms with Gasteiger partial charge in [-0.15, -0.1) is 11.3 Å². The van der Waals surface area contributed by atoms with Gasteiger partial charge in [0.25, 0.3) is 0 Å². The van der Waals surface area contributed by atoms with Crippen LogP contribution in [0.25, 0.3) is 0 Å². The van der Waals surface area contributed by atoms with Crippen LogP contribution in [-0.2, 0) is 17.6 Å². The van der Waals surface area contributed by atoms with Crippen LogP contribution in [0.1, 0.15) is 51.7 Å². The molecular formula is C26H28O5S. The van der Waals surface area contributed by atoms with E-state index in [1.165, 1.54) is 11.3 Å². The molecule has 5 nitrogen and oxygen atoms in total. The number of aryl methyl sites for hydroxylation is 3. The van der Waals surface area contributed by atoms with Crippen molar-refractivity contribution in [2.24, 2.45) is 0 Å². The van der Waals surface area contributed by atoms with Crippen LogP contribution in [0, 0.1) is 6.92 Å². The maximum atomic E-state index is 12.9. The van der Waals surface area contributed by atoms with E-state index in [1.54, 1.807) is 0 Å². The first-order valence-corrected chi connectivity index (χ1v) is 11.6. The van der Waals surface area contributed by atoms with E-state index in [9.17, 15) is 9.59 Å². The van der Waals surface area contributed by atoms with Crippen molar-refractivity contribution in [3.05, 3.63) is 81.0 Å². The summed E-state index contributed by atoms with van der Waals surface area (Å²) >= 11 is 1.43. The maximum absolute atomic E-state index is 12.9. The van der Waals surface area contributed by atoms with Gasteiger partial charge in [0, 0.05) is 12.8 Å². The minimum Gasteiger partial charge on any atom is -0.493 e. The molecule has 6 heteroatoms. The number of hydrogen-bond donors (Lipinski definition) is 1. The van der Waals surface area contributed by atoms with Gasteiger partial charge in [0.2, 0.25) is 5.78 Å². The summed E-state index contributed by atoms with van der Waals surface area (Å²) < 4.78 is 11.8. The summed E-state index contributed by atoms with van der Waals surface area (Å²) in [5, 5.41) is 10.7. The van der Waals surface area contributed by atoms with Gasteiger partial charge in [-0.25, -0.2) is 0 Å². The first kappa shape index (κ1) is 23.5. The molecule has 2 aromatic carbocycles. The highest BCUT2D eigenvalue weighted by atomic mass is 32.1. The molecule has 168 valence electrons. The number of hydrogen-bond acceptors (Lipinski definition) is 5. The molecule has 0 aliphatic rings. The van der Waals surface area contributed by atoms with Crippen molar-refractivity contribution >= 4 is 23.1 Å². The SMILES string of the molecule is CCc1ccc(OCCCOc2ccc(CCC(=O)O)c(C)c2)c(C(=O)c2cccs2)c1. The van der Waals surface area contributed by atoms with Crippen molar-refractivity contribution in [3.63, 3.8) is 0 Å². The van der Waals surface area contributed by atoms with Gasteiger partial charge < -0.3 is 14.6 Å². The Bertz CT molecular complexity index is 1060. The van der Waals surface area contributed by atoms with Gasteiger partial charge in [-0.1, -0.05) is 25.1 Å². The molecule has 0 saturated carbocycles. The second-order valence-electron chi connectivity index (χ2n) is 7.52. The van der Waals surface area contributed by atoms with E-state index in [2.05, 4.69) is 6.92 Å². The molecule has 0 bridgehead atoms. The molecule has 0 amide bonds. The lowest BCUT2D eigenvalue weighted by molar-refractivity contribution is -0.136. The van der Waals surface area contributed by atoms with E-state index >= 15 is 0 Å². The molecule has 1 aromatic heterocycles. The number of thiophene rings is 1. The first-order chi connectivity index (χ1) is 15.5. The van der Waals surface area contributed by atoms with Crippen molar-refractivity contribution in [2.75, 3.05) is 13.2 Å². The second kappa shape index (κ2) is 11.5. The van der Waals surface area contributed by atoms with Gasteiger partial charge in [0.05, 0.1) is 23.7 Å². The number of carboxylic acids is 1. The Hall–Kier alpha value is -3.12. The molecule has 3 aromatic rings. The largest absolute Gasteiger partial charge is 0.493 e. The number of ketones is 1. The number of carbonyl (C=O) groups is 2. The quantitative estimate of drug-likeness (QED) is 0.281. The van der Waals surface area contributed by atoms with Crippen LogP contribution in [0.4, 0.5) is 0 Å². The molecular weight excluding hydrogens is 424 g/mol. The highest BCUT2D eigenvalue weighted by Gasteiger charge is 2.16. The number of ether oxygens (including phenoxy) is 2. The number of carboxylic acid groups (broad SMARTS) is 1. The van der Waals surface area contributed by atoms with Crippen LogP contribution < -0.4 is 9.47 Å². The number of rotatable bonds is 12. The lowest BCUT2D eigenvalue weighted by atomic mass is 10.0. The summed E-state index contributed by atoms with van der Waals surface area (Å²) in [6, 6.07) is 15.2. The number of benzene rings is 2. The molecule has 0 fully saturated rings. The molecule has 32 heavy (non-hydrogen) atoms. The lowest BCUT2D eigenvalue weighted by Gasteiger charge is -2.13. The smallest absolute Gasteiger partial charge is 0.303 e. The Morgan fingerprint density at radius 2 is 1.84 bits per heavy atom. The molecule has 0 saturated heterocycles. The third-order valence-electron chi connectivity index (χ3n) is 5.18. The van der Waals surface area contributed by atoms with Crippen LogP contribution in [-0.4, -0.2) is 30.1 Å². The van der Waals surface area contributed by atoms with Crippen molar-refractivity contribution in [3.8, 4) is 11.5 Å². The Morgan fingerprint density at radius 1 is 1.03 bits per heavy atom. The fourth-order valence-corrected chi connectivity index (χ4v) is 4.03. The molecule has 0 aliphatic carbocycles. The Kier molecular flexibility index (Phi) is 8.45. The van der Waals surface area contributed by atoms with E-state index in [4.69, 9.17) is 14.6 Å². The van der Waals surface area contributed by atoms with Gasteiger partial charge in [-0.05, 0) is 72.2 Å². The van der Waals surface area contributed by atoms with Crippen LogP contribution >= 0.6 is 11.3 Å². The highest BCUT2D eigenvalue weighted by molar-refractivity contribution is 7.12. The molecule has 0 spiro atoms. The predicted molar refractivity (Wildman–Crippen MR) is 126 cm³/mol. The zero-order chi connectivity index (χ0) is 22.9. The lowest BCUT2D eigenvalue weighted by Crippen LogP contribution is -2.09. The minimum absolute atomic E-state index is 0.0139. The molecule has 1 heterocycles. The third kappa shape index (κ3) is 6.44. The highest BCUT2D eigenvalue weighted by Crippen LogP contribution is 2.26. The van der Waals surface area contributed by atoms with Gasteiger partial charge in [-0.2, -0.15) is 0 Å². The van der Waals surface area contributed by atoms with Crippen LogP contribution in [0.2, 0.25) is 0 Å². The topological polar surface area (TPSA) is 72.8 Å². The van der Waals surface area contributed by atoms with Crippen molar-refractivity contribution in [1.29, 1.82) is 0 Å². The summed E-state index contributed by atoms with van der Waals surface area (Å²) in [6.45, 7) is 4.94. The second-order valence-corrected chi connectivity index (χ2v) is 8.47. The zero-order valence-electron chi connectivity index (χ0n) is 18.4. The fourth-order valence-electron chi connectivity index (χ4n) is 3.35. The molecule has 0 unspecified atom stereocenters. The average molecular weight is 453 g/mol. The molecule has 1 N–H and O–H groups in total. The number of aliphatic carboxylic acids is 1. The van der Waals surface area contributed by atoms with Crippen molar-refractivity contribution in [2.45, 2.75) is 39.5 Å². The van der Waals surface area contributed by atoms with Crippen LogP contribution in [0.15, 0.2) is 53.9 Å². The first-order valence-electron chi connectivity index (χ1n) is 10.8. The van der Waals surface area contributed by atoms with E-state index in [1.807, 2.05) is 60.8 Å². The molecule has 0 atom stereocenters. The average Bonchev–Trinajstić information content (AvgIpc) is 3.32. The van der Waals surface area contributed by atoms with Crippen LogP contribution in [0.5, 0.6) is 11.5 Å². The van der Waals surface area contributed by atoms with Crippen molar-refractivity contribution < 1.29 is 24.2 Å². The zero-order valence-corrected chi connectivity index (χ0v) is 19.2. The molecule has 3 rings (SSSR count). The fraction of sp³-hybridized carbons (Fsp3) is 0.308. The summed E-state index contributed by atoms with van der Waals surface area (Å²) in [6.07, 6.45) is 2.16. The number of carbonyl (C=O) groups excluding carboxylic acids is 1. The minimum atomic E-state index is -0.797. The van der Waals surface area contributed by atoms with Crippen molar-refractivity contribution in [1.82, 2.24) is 0 Å². The van der Waals surface area contributed by atoms with Gasteiger partial charge in [-0.3, -0.25) is 9.59 Å². The monoisotopic (exact) mass is 452 g/mol. The van der Waals surface area contributed by atoms with Gasteiger partial charge in [0.15, 0.2) is 0 Å². The summed E-state index contributed by atoms with van der Waals surface area (Å²) in [5.74, 6) is 0.538. The third-order valence-corrected chi connectivity index (χ3v) is 6.05. The van der Waals surface area contributed by atoms with E-state index in [0.717, 1.165) is 28.9 Å². The predicted octanol–water partition coefficient (Wildman–Crippen LogP) is 5.72. The Labute approximate surface area is 192 Å². The maximum Gasteiger partial charge on any atom is 0.303 e. The Balaban J connectivity index is 1.53. The summed E-state index contributed by atoms with van der Waals surface area (Å²) in [7, 11) is 0. The standard InChI is InChI=1S/C26H28O5S/c1-3-19-7-11-23(22(17-19)26(29)24-6-4-15-32-24)31-14-5-13-30-21-10-8-20(18(2)16-21)9-12-25(27)28/h4,6-8,10-11,15-17H,3,5,9,12-14H2,1-2H3,(H,27,28). The van der Waals surface area contributed by atoms with Gasteiger partial charge in [0.1, 0.15) is 11.5 Å². The van der Waals surface area contributed by atoms with E-state index in [0.29, 0.717) is 42.2 Å². The van der Waals surface area contributed by atoms with Gasteiger partial charge >= 0.3 is 5.97 Å². The molecule has 0 aliphatic heterocycles. The van der Waals surface area contributed by atoms with Crippen LogP contribution in [0.3, 0.4) is 0 Å². The normalized spacial score (nSPS) is 10.7. The van der Waals surface area contributed by atoms with E-state index < -0.39 is 5.97 Å².